The zero-order valence-electron chi connectivity index (χ0n) is 15.1. The first kappa shape index (κ1) is 17.5. The van der Waals surface area contributed by atoms with Crippen LogP contribution in [0.4, 0.5) is 5.82 Å². The van der Waals surface area contributed by atoms with Crippen LogP contribution in [-0.4, -0.2) is 47.4 Å². The van der Waals surface area contributed by atoms with Crippen LogP contribution in [0, 0.1) is 5.92 Å². The Morgan fingerprint density at radius 1 is 1.22 bits per heavy atom. The predicted octanol–water partition coefficient (Wildman–Crippen LogP) is 2.25. The summed E-state index contributed by atoms with van der Waals surface area (Å²) < 4.78 is 10.6. The van der Waals surface area contributed by atoms with Gasteiger partial charge in [0.1, 0.15) is 12.0 Å². The second-order valence-electron chi connectivity index (χ2n) is 7.02. The van der Waals surface area contributed by atoms with E-state index in [1.54, 1.807) is 24.3 Å². The molecule has 0 spiro atoms. The zero-order valence-corrected chi connectivity index (χ0v) is 15.1. The van der Waals surface area contributed by atoms with Crippen molar-refractivity contribution in [3.63, 3.8) is 0 Å². The Balaban J connectivity index is 1.35. The van der Waals surface area contributed by atoms with Gasteiger partial charge in [-0.1, -0.05) is 0 Å². The molecule has 3 aliphatic rings. The molecule has 3 aliphatic heterocycles. The Morgan fingerprint density at radius 2 is 1.96 bits per heavy atom. The number of fused-ring (bicyclic) bond motifs is 3. The van der Waals surface area contributed by atoms with Crippen LogP contribution in [0.5, 0.6) is 11.8 Å². The third kappa shape index (κ3) is 4.11. The van der Waals surface area contributed by atoms with Gasteiger partial charge in [-0.05, 0) is 56.1 Å². The fourth-order valence-corrected chi connectivity index (χ4v) is 3.70. The molecule has 8 heteroatoms. The van der Waals surface area contributed by atoms with Crippen LogP contribution < -0.4 is 15.4 Å². The molecule has 0 unspecified atom stereocenters. The lowest BCUT2D eigenvalue weighted by atomic mass is 9.84. The molecular weight excluding hydrogens is 348 g/mol. The van der Waals surface area contributed by atoms with Gasteiger partial charge in [0.2, 0.25) is 5.91 Å². The number of carbonyl (C=O) groups is 2. The summed E-state index contributed by atoms with van der Waals surface area (Å²) in [4.78, 5) is 29.9. The lowest BCUT2D eigenvalue weighted by Crippen LogP contribution is -2.57. The van der Waals surface area contributed by atoms with Crippen molar-refractivity contribution in [3.8, 4) is 11.8 Å². The molecule has 0 saturated carbocycles. The molecule has 0 radical (unpaired) electrons. The van der Waals surface area contributed by atoms with Crippen LogP contribution in [0.3, 0.4) is 0 Å². The standard InChI is InChI=1S/C19H22N4O4/c1-12(24)20-17-11-26-19(22-17)27-15-4-2-14(3-5-15)18(25)21-16-10-23-8-6-13(16)7-9-23/h2-5,11,13,16H,6-10H2,1H3,(H,20,24)(H,21,25)/t16-/m0/s1. The molecule has 2 N–H and O–H groups in total. The van der Waals surface area contributed by atoms with Gasteiger partial charge in [-0.2, -0.15) is 4.98 Å². The molecule has 3 fully saturated rings. The van der Waals surface area contributed by atoms with E-state index in [-0.39, 0.29) is 29.8 Å². The predicted molar refractivity (Wildman–Crippen MR) is 97.7 cm³/mol. The first-order chi connectivity index (χ1) is 13.1. The van der Waals surface area contributed by atoms with Gasteiger partial charge in [0, 0.05) is 25.1 Å². The van der Waals surface area contributed by atoms with Crippen molar-refractivity contribution in [2.75, 3.05) is 25.0 Å². The number of oxazole rings is 1. The highest BCUT2D eigenvalue weighted by Gasteiger charge is 2.34. The molecule has 1 aromatic heterocycles. The molecule has 1 atom stereocenters. The van der Waals surface area contributed by atoms with Crippen LogP contribution in [-0.2, 0) is 4.79 Å². The van der Waals surface area contributed by atoms with E-state index in [4.69, 9.17) is 9.15 Å². The molecule has 2 aromatic rings. The van der Waals surface area contributed by atoms with Gasteiger partial charge in [-0.3, -0.25) is 9.59 Å². The minimum absolute atomic E-state index is 0.0169. The second-order valence-corrected chi connectivity index (χ2v) is 7.02. The highest BCUT2D eigenvalue weighted by Crippen LogP contribution is 2.28. The number of benzene rings is 1. The fraction of sp³-hybridized carbons (Fsp3) is 0.421. The van der Waals surface area contributed by atoms with Gasteiger partial charge in [0.05, 0.1) is 0 Å². The van der Waals surface area contributed by atoms with E-state index in [1.807, 2.05) is 0 Å². The molecule has 2 bridgehead atoms. The van der Waals surface area contributed by atoms with Crippen LogP contribution in [0.1, 0.15) is 30.1 Å². The molecular formula is C19H22N4O4. The van der Waals surface area contributed by atoms with Gasteiger partial charge in [-0.15, -0.1) is 0 Å². The van der Waals surface area contributed by atoms with Gasteiger partial charge in [0.15, 0.2) is 5.82 Å². The number of nitrogens with zero attached hydrogens (tertiary/aromatic N) is 2. The Morgan fingerprint density at radius 3 is 2.59 bits per heavy atom. The zero-order chi connectivity index (χ0) is 18.8. The molecule has 1 aromatic carbocycles. The van der Waals surface area contributed by atoms with E-state index in [1.165, 1.54) is 13.2 Å². The fourth-order valence-electron chi connectivity index (χ4n) is 3.70. The Bertz CT molecular complexity index is 824. The van der Waals surface area contributed by atoms with Gasteiger partial charge < -0.3 is 24.7 Å². The van der Waals surface area contributed by atoms with Gasteiger partial charge in [0.25, 0.3) is 5.91 Å². The van der Waals surface area contributed by atoms with Crippen molar-refractivity contribution in [2.24, 2.45) is 5.92 Å². The average Bonchev–Trinajstić information content (AvgIpc) is 3.09. The SMILES string of the molecule is CC(=O)Nc1coc(Oc2ccc(C(=O)N[C@H]3CN4CCC3CC4)cc2)n1. The Hall–Kier alpha value is -2.87. The van der Waals surface area contributed by atoms with Crippen LogP contribution in [0.15, 0.2) is 34.9 Å². The van der Waals surface area contributed by atoms with E-state index in [9.17, 15) is 9.59 Å². The number of amides is 2. The quantitative estimate of drug-likeness (QED) is 0.838. The molecule has 8 nitrogen and oxygen atoms in total. The highest BCUT2D eigenvalue weighted by atomic mass is 16.6. The van der Waals surface area contributed by atoms with Crippen molar-refractivity contribution in [2.45, 2.75) is 25.8 Å². The minimum Gasteiger partial charge on any atom is -0.415 e. The monoisotopic (exact) mass is 370 g/mol. The first-order valence-electron chi connectivity index (χ1n) is 9.11. The molecule has 3 saturated heterocycles. The number of rotatable bonds is 5. The summed E-state index contributed by atoms with van der Waals surface area (Å²) in [5, 5.41) is 5.67. The number of piperidine rings is 3. The summed E-state index contributed by atoms with van der Waals surface area (Å²) in [6, 6.07) is 7.03. The molecule has 0 aliphatic carbocycles. The third-order valence-electron chi connectivity index (χ3n) is 5.08. The number of hydrogen-bond acceptors (Lipinski definition) is 6. The lowest BCUT2D eigenvalue weighted by Gasteiger charge is -2.44. The molecule has 5 rings (SSSR count). The third-order valence-corrected chi connectivity index (χ3v) is 5.08. The maximum Gasteiger partial charge on any atom is 0.401 e. The van der Waals surface area contributed by atoms with E-state index in [0.717, 1.165) is 32.5 Å². The molecule has 2 amide bonds. The van der Waals surface area contributed by atoms with Crippen molar-refractivity contribution < 1.29 is 18.7 Å². The topological polar surface area (TPSA) is 96.7 Å². The molecule has 27 heavy (non-hydrogen) atoms. The van der Waals surface area contributed by atoms with E-state index < -0.39 is 0 Å². The van der Waals surface area contributed by atoms with Crippen LogP contribution >= 0.6 is 0 Å². The van der Waals surface area contributed by atoms with E-state index in [0.29, 0.717) is 17.2 Å². The first-order valence-corrected chi connectivity index (χ1v) is 9.11. The van der Waals surface area contributed by atoms with Gasteiger partial charge in [-0.25, -0.2) is 0 Å². The normalized spacial score (nSPS) is 23.7. The van der Waals surface area contributed by atoms with E-state index >= 15 is 0 Å². The van der Waals surface area contributed by atoms with Crippen LogP contribution in [0.2, 0.25) is 0 Å². The lowest BCUT2D eigenvalue weighted by molar-refractivity contribution is -0.114. The molecule has 4 heterocycles. The smallest absolute Gasteiger partial charge is 0.401 e. The number of carbonyl (C=O) groups excluding carboxylic acids is 2. The number of aromatic nitrogens is 1. The summed E-state index contributed by atoms with van der Waals surface area (Å²) in [6.07, 6.45) is 3.64. The maximum atomic E-state index is 12.5. The van der Waals surface area contributed by atoms with Crippen molar-refractivity contribution >= 4 is 17.6 Å². The summed E-state index contributed by atoms with van der Waals surface area (Å²) >= 11 is 0. The van der Waals surface area contributed by atoms with Crippen molar-refractivity contribution in [1.29, 1.82) is 0 Å². The summed E-state index contributed by atoms with van der Waals surface area (Å²) in [6.45, 7) is 4.62. The van der Waals surface area contributed by atoms with Crippen LogP contribution in [0.25, 0.3) is 0 Å². The number of hydrogen-bond donors (Lipinski definition) is 2. The Kier molecular flexibility index (Phi) is 4.81. The second kappa shape index (κ2) is 7.40. The van der Waals surface area contributed by atoms with Gasteiger partial charge >= 0.3 is 6.08 Å². The van der Waals surface area contributed by atoms with Crippen molar-refractivity contribution in [1.82, 2.24) is 15.2 Å². The Labute approximate surface area is 156 Å². The number of anilines is 1. The van der Waals surface area contributed by atoms with E-state index in [2.05, 4.69) is 20.5 Å². The average molecular weight is 370 g/mol. The minimum atomic E-state index is -0.242. The largest absolute Gasteiger partial charge is 0.415 e. The number of nitrogens with one attached hydrogen (secondary N) is 2. The summed E-state index contributed by atoms with van der Waals surface area (Å²) in [7, 11) is 0. The summed E-state index contributed by atoms with van der Waals surface area (Å²) in [5.41, 5.74) is 0.588. The summed E-state index contributed by atoms with van der Waals surface area (Å²) in [5.74, 6) is 1.05. The maximum absolute atomic E-state index is 12.5. The highest BCUT2D eigenvalue weighted by molar-refractivity contribution is 5.94. The van der Waals surface area contributed by atoms with Crippen molar-refractivity contribution in [3.05, 3.63) is 36.1 Å². The molecule has 142 valence electrons. The number of ether oxygens (including phenoxy) is 1.